The number of piperazine rings is 1. The molecule has 5 rings (SSSR count). The van der Waals surface area contributed by atoms with Gasteiger partial charge in [0.15, 0.2) is 0 Å². The fourth-order valence-corrected chi connectivity index (χ4v) is 4.83. The predicted octanol–water partition coefficient (Wildman–Crippen LogP) is 3.95. The van der Waals surface area contributed by atoms with Crippen molar-refractivity contribution >= 4 is 34.2 Å². The minimum atomic E-state index is -0.180. The Bertz CT molecular complexity index is 1100. The SMILES string of the molecule is O=C1c2cccc3cccc(c23)C(=O)N1CCN1CCN(CCc2ccc(Cl)cc2)CC1. The molecule has 5 nitrogen and oxygen atoms in total. The van der Waals surface area contributed by atoms with Crippen LogP contribution in [0.5, 0.6) is 0 Å². The van der Waals surface area contributed by atoms with E-state index in [1.54, 1.807) is 0 Å². The smallest absolute Gasteiger partial charge is 0.261 e. The van der Waals surface area contributed by atoms with Crippen LogP contribution in [0.25, 0.3) is 10.8 Å². The zero-order valence-corrected chi connectivity index (χ0v) is 18.7. The van der Waals surface area contributed by atoms with Crippen molar-refractivity contribution in [3.05, 3.63) is 82.4 Å². The van der Waals surface area contributed by atoms with E-state index in [1.807, 2.05) is 48.5 Å². The lowest BCUT2D eigenvalue weighted by molar-refractivity contribution is 0.0573. The molecule has 0 aromatic heterocycles. The molecule has 0 radical (unpaired) electrons. The van der Waals surface area contributed by atoms with E-state index in [9.17, 15) is 9.59 Å². The average molecular weight is 448 g/mol. The first kappa shape index (κ1) is 21.1. The molecule has 2 amide bonds. The van der Waals surface area contributed by atoms with Crippen molar-refractivity contribution in [2.45, 2.75) is 6.42 Å². The number of nitrogens with zero attached hydrogens (tertiary/aromatic N) is 3. The van der Waals surface area contributed by atoms with Gasteiger partial charge in [-0.25, -0.2) is 0 Å². The van der Waals surface area contributed by atoms with Crippen molar-refractivity contribution in [1.82, 2.24) is 14.7 Å². The number of hydrogen-bond acceptors (Lipinski definition) is 4. The van der Waals surface area contributed by atoms with E-state index in [0.29, 0.717) is 24.2 Å². The maximum Gasteiger partial charge on any atom is 0.261 e. The third-order valence-corrected chi connectivity index (χ3v) is 6.84. The third-order valence-electron chi connectivity index (χ3n) is 6.59. The van der Waals surface area contributed by atoms with Crippen molar-refractivity contribution in [2.75, 3.05) is 45.8 Å². The average Bonchev–Trinajstić information content (AvgIpc) is 2.83. The van der Waals surface area contributed by atoms with Gasteiger partial charge in [-0.3, -0.25) is 19.4 Å². The van der Waals surface area contributed by atoms with Gasteiger partial charge in [0.25, 0.3) is 11.8 Å². The summed E-state index contributed by atoms with van der Waals surface area (Å²) in [7, 11) is 0. The summed E-state index contributed by atoms with van der Waals surface area (Å²) in [5.41, 5.74) is 2.56. The molecule has 0 saturated carbocycles. The van der Waals surface area contributed by atoms with Gasteiger partial charge < -0.3 is 4.90 Å². The molecule has 0 aliphatic carbocycles. The standard InChI is InChI=1S/C26H26ClN3O2/c27-21-9-7-19(8-10-21)11-12-28-13-15-29(16-14-28)17-18-30-25(31)22-5-1-3-20-4-2-6-23(24(20)22)26(30)32/h1-10H,11-18H2. The second-order valence-corrected chi connectivity index (χ2v) is 8.97. The summed E-state index contributed by atoms with van der Waals surface area (Å²) in [6.07, 6.45) is 1.01. The number of benzene rings is 3. The molecule has 32 heavy (non-hydrogen) atoms. The first-order valence-electron chi connectivity index (χ1n) is 11.2. The molecule has 0 spiro atoms. The van der Waals surface area contributed by atoms with Gasteiger partial charge in [-0.1, -0.05) is 48.0 Å². The highest BCUT2D eigenvalue weighted by molar-refractivity contribution is 6.30. The van der Waals surface area contributed by atoms with Crippen LogP contribution < -0.4 is 0 Å². The van der Waals surface area contributed by atoms with E-state index in [4.69, 9.17) is 11.6 Å². The number of carbonyl (C=O) groups excluding carboxylic acids is 2. The van der Waals surface area contributed by atoms with Crippen molar-refractivity contribution in [3.63, 3.8) is 0 Å². The zero-order valence-electron chi connectivity index (χ0n) is 18.0. The van der Waals surface area contributed by atoms with Gasteiger partial charge in [0, 0.05) is 67.3 Å². The molecule has 0 N–H and O–H groups in total. The quantitative estimate of drug-likeness (QED) is 0.537. The van der Waals surface area contributed by atoms with Gasteiger partial charge in [-0.2, -0.15) is 0 Å². The molecule has 2 heterocycles. The molecular formula is C26H26ClN3O2. The van der Waals surface area contributed by atoms with E-state index in [1.165, 1.54) is 10.5 Å². The van der Waals surface area contributed by atoms with E-state index >= 15 is 0 Å². The van der Waals surface area contributed by atoms with Gasteiger partial charge >= 0.3 is 0 Å². The number of imide groups is 1. The number of carbonyl (C=O) groups is 2. The summed E-state index contributed by atoms with van der Waals surface area (Å²) < 4.78 is 0. The molecule has 6 heteroatoms. The maximum absolute atomic E-state index is 13.0. The molecule has 0 unspecified atom stereocenters. The Labute approximate surface area is 193 Å². The molecule has 3 aromatic carbocycles. The molecule has 1 fully saturated rings. The topological polar surface area (TPSA) is 43.9 Å². The Balaban J connectivity index is 1.15. The lowest BCUT2D eigenvalue weighted by atomic mass is 9.94. The molecule has 2 aliphatic heterocycles. The molecule has 164 valence electrons. The Morgan fingerprint density at radius 3 is 1.84 bits per heavy atom. The van der Waals surface area contributed by atoms with Crippen molar-refractivity contribution < 1.29 is 9.59 Å². The molecule has 2 aliphatic rings. The second-order valence-electron chi connectivity index (χ2n) is 8.53. The summed E-state index contributed by atoms with van der Waals surface area (Å²) in [4.78, 5) is 32.3. The van der Waals surface area contributed by atoms with Gasteiger partial charge in [0.05, 0.1) is 0 Å². The fraction of sp³-hybridized carbons (Fsp3) is 0.308. The first-order chi connectivity index (χ1) is 15.6. The van der Waals surface area contributed by atoms with Crippen LogP contribution in [-0.2, 0) is 6.42 Å². The van der Waals surface area contributed by atoms with E-state index in [-0.39, 0.29) is 11.8 Å². The van der Waals surface area contributed by atoms with E-state index in [0.717, 1.165) is 54.9 Å². The summed E-state index contributed by atoms with van der Waals surface area (Å²) >= 11 is 5.96. The van der Waals surface area contributed by atoms with E-state index in [2.05, 4.69) is 21.9 Å². The summed E-state index contributed by atoms with van der Waals surface area (Å²) in [6, 6.07) is 19.4. The van der Waals surface area contributed by atoms with Crippen molar-refractivity contribution in [3.8, 4) is 0 Å². The monoisotopic (exact) mass is 447 g/mol. The van der Waals surface area contributed by atoms with Crippen LogP contribution in [0.4, 0.5) is 0 Å². The van der Waals surface area contributed by atoms with Gasteiger partial charge in [-0.05, 0) is 41.6 Å². The van der Waals surface area contributed by atoms with E-state index < -0.39 is 0 Å². The third kappa shape index (κ3) is 4.16. The maximum atomic E-state index is 13.0. The van der Waals surface area contributed by atoms with Crippen LogP contribution in [0.3, 0.4) is 0 Å². The number of amides is 2. The van der Waals surface area contributed by atoms with Crippen molar-refractivity contribution in [2.24, 2.45) is 0 Å². The molecule has 0 bridgehead atoms. The van der Waals surface area contributed by atoms with Gasteiger partial charge in [-0.15, -0.1) is 0 Å². The normalized spacial score (nSPS) is 17.3. The second kappa shape index (κ2) is 9.02. The fourth-order valence-electron chi connectivity index (χ4n) is 4.70. The van der Waals surface area contributed by atoms with Crippen LogP contribution in [-0.4, -0.2) is 72.3 Å². The Morgan fingerprint density at radius 1 is 0.688 bits per heavy atom. The number of halogens is 1. The van der Waals surface area contributed by atoms with Crippen LogP contribution in [0.2, 0.25) is 5.02 Å². The highest BCUT2D eigenvalue weighted by Gasteiger charge is 2.32. The Morgan fingerprint density at radius 2 is 1.25 bits per heavy atom. The van der Waals surface area contributed by atoms with Gasteiger partial charge in [0.2, 0.25) is 0 Å². The van der Waals surface area contributed by atoms with Crippen LogP contribution in [0.1, 0.15) is 26.3 Å². The Kier molecular flexibility index (Phi) is 5.96. The first-order valence-corrected chi connectivity index (χ1v) is 11.5. The lowest BCUT2D eigenvalue weighted by Crippen LogP contribution is -2.50. The molecule has 1 saturated heterocycles. The largest absolute Gasteiger partial charge is 0.300 e. The minimum Gasteiger partial charge on any atom is -0.300 e. The lowest BCUT2D eigenvalue weighted by Gasteiger charge is -2.36. The van der Waals surface area contributed by atoms with Crippen LogP contribution >= 0.6 is 11.6 Å². The molecule has 3 aromatic rings. The summed E-state index contributed by atoms with van der Waals surface area (Å²) in [6.45, 7) is 6.05. The Hall–Kier alpha value is -2.73. The predicted molar refractivity (Wildman–Crippen MR) is 127 cm³/mol. The summed E-state index contributed by atoms with van der Waals surface area (Å²) in [5.74, 6) is -0.359. The van der Waals surface area contributed by atoms with Crippen molar-refractivity contribution in [1.29, 1.82) is 0 Å². The number of rotatable bonds is 6. The highest BCUT2D eigenvalue weighted by Crippen LogP contribution is 2.29. The van der Waals surface area contributed by atoms with Crippen LogP contribution in [0, 0.1) is 0 Å². The highest BCUT2D eigenvalue weighted by atomic mass is 35.5. The summed E-state index contributed by atoms with van der Waals surface area (Å²) in [5, 5.41) is 2.50. The number of hydrogen-bond donors (Lipinski definition) is 0. The molecular weight excluding hydrogens is 422 g/mol. The van der Waals surface area contributed by atoms with Crippen LogP contribution in [0.15, 0.2) is 60.7 Å². The molecule has 0 atom stereocenters. The zero-order chi connectivity index (χ0) is 22.1. The minimum absolute atomic E-state index is 0.180. The van der Waals surface area contributed by atoms with Gasteiger partial charge in [0.1, 0.15) is 0 Å².